The average molecular weight is 389 g/mol. The number of carbonyl (C=O) groups is 1. The predicted octanol–water partition coefficient (Wildman–Crippen LogP) is 3.65. The van der Waals surface area contributed by atoms with Crippen molar-refractivity contribution in [2.24, 2.45) is 5.92 Å². The molecule has 140 valence electrons. The lowest BCUT2D eigenvalue weighted by Crippen LogP contribution is -2.39. The van der Waals surface area contributed by atoms with Gasteiger partial charge in [0.2, 0.25) is 5.91 Å². The van der Waals surface area contributed by atoms with Crippen molar-refractivity contribution in [2.45, 2.75) is 44.2 Å². The molecule has 3 rings (SSSR count). The SMILES string of the molecule is COCCOc1ccc(NC(=O)CC2CC3CCC(C2)N3)cc1Cl.Cl. The summed E-state index contributed by atoms with van der Waals surface area (Å²) in [5.74, 6) is 1.14. The Labute approximate surface area is 160 Å². The van der Waals surface area contributed by atoms with Crippen LogP contribution in [0, 0.1) is 5.92 Å². The van der Waals surface area contributed by atoms with Crippen molar-refractivity contribution >= 4 is 35.6 Å². The normalized spacial score (nSPS) is 24.5. The monoisotopic (exact) mass is 388 g/mol. The molecule has 0 spiro atoms. The van der Waals surface area contributed by atoms with Crippen LogP contribution in [-0.4, -0.2) is 38.3 Å². The van der Waals surface area contributed by atoms with Gasteiger partial charge in [-0.05, 0) is 49.8 Å². The quantitative estimate of drug-likeness (QED) is 0.699. The smallest absolute Gasteiger partial charge is 0.224 e. The van der Waals surface area contributed by atoms with Gasteiger partial charge in [-0.15, -0.1) is 12.4 Å². The highest BCUT2D eigenvalue weighted by Gasteiger charge is 2.34. The maximum absolute atomic E-state index is 12.3. The van der Waals surface area contributed by atoms with Gasteiger partial charge in [-0.1, -0.05) is 11.6 Å². The minimum atomic E-state index is 0. The van der Waals surface area contributed by atoms with Crippen molar-refractivity contribution in [3.8, 4) is 5.75 Å². The Morgan fingerprint density at radius 1 is 1.28 bits per heavy atom. The van der Waals surface area contributed by atoms with Crippen LogP contribution >= 0.6 is 24.0 Å². The Kier molecular flexibility index (Phi) is 7.81. The minimum absolute atomic E-state index is 0. The summed E-state index contributed by atoms with van der Waals surface area (Å²) in [6, 6.07) is 6.54. The van der Waals surface area contributed by atoms with Gasteiger partial charge >= 0.3 is 0 Å². The summed E-state index contributed by atoms with van der Waals surface area (Å²) < 4.78 is 10.5. The van der Waals surface area contributed by atoms with Crippen molar-refractivity contribution in [1.29, 1.82) is 0 Å². The van der Waals surface area contributed by atoms with Crippen molar-refractivity contribution in [3.63, 3.8) is 0 Å². The van der Waals surface area contributed by atoms with E-state index in [0.29, 0.717) is 54.1 Å². The molecule has 1 amide bonds. The number of hydrogen-bond donors (Lipinski definition) is 2. The van der Waals surface area contributed by atoms with E-state index in [1.165, 1.54) is 12.8 Å². The molecule has 2 aliphatic heterocycles. The van der Waals surface area contributed by atoms with Gasteiger partial charge < -0.3 is 20.1 Å². The van der Waals surface area contributed by atoms with Crippen LogP contribution in [0.4, 0.5) is 5.69 Å². The number of halogens is 2. The first-order chi connectivity index (χ1) is 11.6. The topological polar surface area (TPSA) is 59.6 Å². The van der Waals surface area contributed by atoms with Crippen molar-refractivity contribution in [3.05, 3.63) is 23.2 Å². The molecule has 2 bridgehead atoms. The molecule has 1 aromatic rings. The first-order valence-corrected chi connectivity index (χ1v) is 8.99. The van der Waals surface area contributed by atoms with Crippen LogP contribution in [0.15, 0.2) is 18.2 Å². The lowest BCUT2D eigenvalue weighted by molar-refractivity contribution is -0.117. The molecule has 2 N–H and O–H groups in total. The number of ether oxygens (including phenoxy) is 2. The average Bonchev–Trinajstić information content (AvgIpc) is 2.88. The maximum Gasteiger partial charge on any atom is 0.224 e. The van der Waals surface area contributed by atoms with Gasteiger partial charge in [0.05, 0.1) is 11.6 Å². The third kappa shape index (κ3) is 5.74. The van der Waals surface area contributed by atoms with E-state index in [1.54, 1.807) is 19.2 Å². The Hall–Kier alpha value is -1.01. The van der Waals surface area contributed by atoms with Crippen molar-refractivity contribution in [2.75, 3.05) is 25.6 Å². The van der Waals surface area contributed by atoms with E-state index in [9.17, 15) is 4.79 Å². The van der Waals surface area contributed by atoms with Crippen LogP contribution in [0.25, 0.3) is 0 Å². The number of carbonyl (C=O) groups excluding carboxylic acids is 1. The lowest BCUT2D eigenvalue weighted by atomic mass is 9.89. The number of hydrogen-bond acceptors (Lipinski definition) is 4. The van der Waals surface area contributed by atoms with Crippen LogP contribution in [0.2, 0.25) is 5.02 Å². The molecule has 0 saturated carbocycles. The van der Waals surface area contributed by atoms with Crippen LogP contribution in [0.3, 0.4) is 0 Å². The second-order valence-electron chi connectivity index (χ2n) is 6.71. The Bertz CT molecular complexity index is 573. The third-order valence-corrected chi connectivity index (χ3v) is 5.10. The Morgan fingerprint density at radius 3 is 2.64 bits per heavy atom. The zero-order valence-electron chi connectivity index (χ0n) is 14.4. The number of anilines is 1. The molecule has 0 radical (unpaired) electrons. The fourth-order valence-corrected chi connectivity index (χ4v) is 3.98. The third-order valence-electron chi connectivity index (χ3n) is 4.81. The zero-order valence-corrected chi connectivity index (χ0v) is 16.0. The summed E-state index contributed by atoms with van der Waals surface area (Å²) >= 11 is 6.20. The molecule has 2 fully saturated rings. The molecule has 5 nitrogen and oxygen atoms in total. The van der Waals surface area contributed by atoms with Crippen molar-refractivity contribution in [1.82, 2.24) is 5.32 Å². The van der Waals surface area contributed by atoms with E-state index in [1.807, 2.05) is 6.07 Å². The number of amides is 1. The van der Waals surface area contributed by atoms with Gasteiger partial charge in [-0.3, -0.25) is 4.79 Å². The Morgan fingerprint density at radius 2 is 2.00 bits per heavy atom. The van der Waals surface area contributed by atoms with Crippen LogP contribution in [0.5, 0.6) is 5.75 Å². The second-order valence-corrected chi connectivity index (χ2v) is 7.12. The van der Waals surface area contributed by atoms with Gasteiger partial charge in [-0.2, -0.15) is 0 Å². The largest absolute Gasteiger partial charge is 0.490 e. The fourth-order valence-electron chi connectivity index (χ4n) is 3.75. The van der Waals surface area contributed by atoms with Gasteiger partial charge in [0.1, 0.15) is 12.4 Å². The van der Waals surface area contributed by atoms with Crippen molar-refractivity contribution < 1.29 is 14.3 Å². The maximum atomic E-state index is 12.3. The van der Waals surface area contributed by atoms with E-state index >= 15 is 0 Å². The zero-order chi connectivity index (χ0) is 16.9. The summed E-state index contributed by atoms with van der Waals surface area (Å²) in [7, 11) is 1.62. The number of methoxy groups -OCH3 is 1. The van der Waals surface area contributed by atoms with E-state index in [0.717, 1.165) is 12.8 Å². The molecule has 0 aromatic heterocycles. The molecule has 0 aliphatic carbocycles. The first-order valence-electron chi connectivity index (χ1n) is 8.61. The second kappa shape index (κ2) is 9.62. The van der Waals surface area contributed by atoms with E-state index in [4.69, 9.17) is 21.1 Å². The number of piperidine rings is 1. The summed E-state index contributed by atoms with van der Waals surface area (Å²) in [6.07, 6.45) is 5.30. The summed E-state index contributed by atoms with van der Waals surface area (Å²) in [5, 5.41) is 7.05. The molecule has 2 atom stereocenters. The van der Waals surface area contributed by atoms with Gasteiger partial charge in [0, 0.05) is 31.3 Å². The highest BCUT2D eigenvalue weighted by Crippen LogP contribution is 2.33. The summed E-state index contributed by atoms with van der Waals surface area (Å²) in [5.41, 5.74) is 0.709. The van der Waals surface area contributed by atoms with Gasteiger partial charge in [0.25, 0.3) is 0 Å². The van der Waals surface area contributed by atoms with E-state index < -0.39 is 0 Å². The number of rotatable bonds is 7. The highest BCUT2D eigenvalue weighted by atomic mass is 35.5. The molecule has 7 heteroatoms. The molecular weight excluding hydrogens is 363 g/mol. The molecule has 2 saturated heterocycles. The highest BCUT2D eigenvalue weighted by molar-refractivity contribution is 6.32. The molecular formula is C18H26Cl2N2O3. The summed E-state index contributed by atoms with van der Waals surface area (Å²) in [4.78, 5) is 12.3. The summed E-state index contributed by atoms with van der Waals surface area (Å²) in [6.45, 7) is 0.951. The number of benzene rings is 1. The van der Waals surface area contributed by atoms with Crippen LogP contribution in [0.1, 0.15) is 32.1 Å². The van der Waals surface area contributed by atoms with Gasteiger partial charge in [-0.25, -0.2) is 0 Å². The van der Waals surface area contributed by atoms with Gasteiger partial charge in [0.15, 0.2) is 0 Å². The minimum Gasteiger partial charge on any atom is -0.490 e. The van der Waals surface area contributed by atoms with E-state index in [2.05, 4.69) is 10.6 Å². The Balaban J connectivity index is 0.00000225. The lowest BCUT2D eigenvalue weighted by Gasteiger charge is -2.28. The number of nitrogens with one attached hydrogen (secondary N) is 2. The standard InChI is InChI=1S/C18H25ClN2O3.ClH/c1-23-6-7-24-17-5-4-15(11-16(17)19)21-18(22)10-12-8-13-2-3-14(9-12)20-13;/h4-5,11-14,20H,2-3,6-10H2,1H3,(H,21,22);1H. The molecule has 2 heterocycles. The van der Waals surface area contributed by atoms with E-state index in [-0.39, 0.29) is 18.3 Å². The first kappa shape index (κ1) is 20.3. The molecule has 25 heavy (non-hydrogen) atoms. The molecule has 2 unspecified atom stereocenters. The number of fused-ring (bicyclic) bond motifs is 2. The van der Waals surface area contributed by atoms with Crippen LogP contribution in [-0.2, 0) is 9.53 Å². The fraction of sp³-hybridized carbons (Fsp3) is 0.611. The predicted molar refractivity (Wildman–Crippen MR) is 102 cm³/mol. The molecule has 1 aromatic carbocycles. The van der Waals surface area contributed by atoms with Crippen LogP contribution < -0.4 is 15.4 Å². The molecule has 2 aliphatic rings.